The molecule has 1 aromatic heterocycles. The first-order valence-corrected chi connectivity index (χ1v) is 7.30. The third-order valence-corrected chi connectivity index (χ3v) is 5.62. The molecule has 1 rings (SSSR count). The van der Waals surface area contributed by atoms with Gasteiger partial charge in [0.15, 0.2) is 0 Å². The van der Waals surface area contributed by atoms with Gasteiger partial charge in [-0.25, -0.2) is 8.42 Å². The molecule has 0 aliphatic carbocycles. The smallest absolute Gasteiger partial charge is 0.252 e. The normalized spacial score (nSPS) is 11.9. The molecular formula is C7H9BrN2O2S3. The molecule has 0 saturated heterocycles. The van der Waals surface area contributed by atoms with E-state index < -0.39 is 10.0 Å². The minimum atomic E-state index is -3.46. The maximum absolute atomic E-state index is 11.9. The van der Waals surface area contributed by atoms with E-state index in [1.54, 1.807) is 12.1 Å². The molecule has 4 nitrogen and oxygen atoms in total. The minimum absolute atomic E-state index is 0.0488. The Bertz CT molecular complexity index is 468. The van der Waals surface area contributed by atoms with Crippen LogP contribution in [0.15, 0.2) is 20.1 Å². The molecule has 0 saturated carbocycles. The van der Waals surface area contributed by atoms with Gasteiger partial charge in [0.1, 0.15) is 4.21 Å². The lowest BCUT2D eigenvalue weighted by Crippen LogP contribution is -2.34. The Morgan fingerprint density at radius 2 is 2.27 bits per heavy atom. The highest BCUT2D eigenvalue weighted by molar-refractivity contribution is 9.11. The third kappa shape index (κ3) is 3.22. The first-order valence-electron chi connectivity index (χ1n) is 3.84. The van der Waals surface area contributed by atoms with Gasteiger partial charge in [0.25, 0.3) is 10.0 Å². The van der Waals surface area contributed by atoms with Crippen LogP contribution in [-0.2, 0) is 10.0 Å². The van der Waals surface area contributed by atoms with E-state index in [1.165, 1.54) is 7.05 Å². The first kappa shape index (κ1) is 13.0. The van der Waals surface area contributed by atoms with Crippen molar-refractivity contribution in [1.82, 2.24) is 4.31 Å². The molecule has 0 aromatic carbocycles. The first-order chi connectivity index (χ1) is 6.84. The fourth-order valence-corrected chi connectivity index (χ4v) is 4.54. The fraction of sp³-hybridized carbons (Fsp3) is 0.286. The summed E-state index contributed by atoms with van der Waals surface area (Å²) in [5.41, 5.74) is 5.29. The topological polar surface area (TPSA) is 63.4 Å². The van der Waals surface area contributed by atoms with Crippen LogP contribution in [0.2, 0.25) is 0 Å². The van der Waals surface area contributed by atoms with Crippen molar-refractivity contribution in [3.63, 3.8) is 0 Å². The highest BCUT2D eigenvalue weighted by Crippen LogP contribution is 2.27. The van der Waals surface area contributed by atoms with Crippen LogP contribution in [-0.4, -0.2) is 31.3 Å². The van der Waals surface area contributed by atoms with Crippen LogP contribution in [0.5, 0.6) is 0 Å². The summed E-state index contributed by atoms with van der Waals surface area (Å²) >= 11 is 9.02. The molecule has 2 N–H and O–H groups in total. The van der Waals surface area contributed by atoms with Gasteiger partial charge in [-0.2, -0.15) is 4.31 Å². The van der Waals surface area contributed by atoms with Crippen molar-refractivity contribution in [1.29, 1.82) is 0 Å². The summed E-state index contributed by atoms with van der Waals surface area (Å²) in [5.74, 6) is 0. The van der Waals surface area contributed by atoms with Gasteiger partial charge in [-0.1, -0.05) is 12.2 Å². The molecule has 1 heterocycles. The Labute approximate surface area is 106 Å². The van der Waals surface area contributed by atoms with Gasteiger partial charge in [0, 0.05) is 7.05 Å². The van der Waals surface area contributed by atoms with Crippen LogP contribution in [0.3, 0.4) is 0 Å². The molecule has 0 unspecified atom stereocenters. The average Bonchev–Trinajstić information content (AvgIpc) is 2.50. The number of hydrogen-bond acceptors (Lipinski definition) is 4. The number of rotatable bonds is 4. The number of hydrogen-bond donors (Lipinski definition) is 1. The monoisotopic (exact) mass is 328 g/mol. The van der Waals surface area contributed by atoms with Crippen molar-refractivity contribution in [2.75, 3.05) is 13.6 Å². The summed E-state index contributed by atoms with van der Waals surface area (Å²) in [4.78, 5) is 0.150. The van der Waals surface area contributed by atoms with Crippen LogP contribution < -0.4 is 5.73 Å². The van der Waals surface area contributed by atoms with E-state index in [1.807, 2.05) is 0 Å². The van der Waals surface area contributed by atoms with Crippen molar-refractivity contribution in [3.05, 3.63) is 15.9 Å². The Hall–Kier alpha value is -0.0200. The second kappa shape index (κ2) is 4.88. The van der Waals surface area contributed by atoms with Crippen molar-refractivity contribution in [3.8, 4) is 0 Å². The summed E-state index contributed by atoms with van der Waals surface area (Å²) in [5, 5.41) is 0. The van der Waals surface area contributed by atoms with E-state index in [-0.39, 0.29) is 15.7 Å². The van der Waals surface area contributed by atoms with Crippen LogP contribution in [0.4, 0.5) is 0 Å². The van der Waals surface area contributed by atoms with Crippen molar-refractivity contribution >= 4 is 54.5 Å². The highest BCUT2D eigenvalue weighted by atomic mass is 79.9. The van der Waals surface area contributed by atoms with E-state index in [0.717, 1.165) is 19.4 Å². The zero-order valence-corrected chi connectivity index (χ0v) is 11.8. The van der Waals surface area contributed by atoms with Gasteiger partial charge in [-0.15, -0.1) is 11.3 Å². The van der Waals surface area contributed by atoms with Gasteiger partial charge < -0.3 is 5.73 Å². The number of sulfonamides is 1. The van der Waals surface area contributed by atoms with Crippen LogP contribution in [0.1, 0.15) is 0 Å². The standard InChI is InChI=1S/C7H9BrN2O2S3/c1-10(4-6(9)13)15(11,12)7-3-2-5(8)14-7/h2-3H,4H2,1H3,(H2,9,13). The van der Waals surface area contributed by atoms with Crippen LogP contribution in [0.25, 0.3) is 0 Å². The number of thiophene rings is 1. The molecule has 0 aliphatic rings. The molecule has 0 radical (unpaired) electrons. The molecule has 8 heteroatoms. The largest absolute Gasteiger partial charge is 0.392 e. The molecule has 0 fully saturated rings. The second-order valence-electron chi connectivity index (χ2n) is 2.79. The molecule has 0 spiro atoms. The van der Waals surface area contributed by atoms with Gasteiger partial charge in [-0.3, -0.25) is 0 Å². The molecular weight excluding hydrogens is 320 g/mol. The summed E-state index contributed by atoms with van der Waals surface area (Å²) in [6.07, 6.45) is 0. The lowest BCUT2D eigenvalue weighted by Gasteiger charge is -2.14. The summed E-state index contributed by atoms with van der Waals surface area (Å²) in [6, 6.07) is 3.23. The predicted molar refractivity (Wildman–Crippen MR) is 68.6 cm³/mol. The SMILES string of the molecule is CN(CC(N)=S)S(=O)(=O)c1ccc(Br)s1. The van der Waals surface area contributed by atoms with Gasteiger partial charge in [-0.05, 0) is 28.1 Å². The van der Waals surface area contributed by atoms with Crippen molar-refractivity contribution in [2.24, 2.45) is 5.73 Å². The number of halogens is 1. The zero-order chi connectivity index (χ0) is 11.6. The number of nitrogens with two attached hydrogens (primary N) is 1. The number of nitrogens with zero attached hydrogens (tertiary/aromatic N) is 1. The molecule has 0 amide bonds. The van der Waals surface area contributed by atoms with E-state index in [0.29, 0.717) is 0 Å². The lowest BCUT2D eigenvalue weighted by molar-refractivity contribution is 0.508. The Kier molecular flexibility index (Phi) is 4.24. The van der Waals surface area contributed by atoms with E-state index >= 15 is 0 Å². The lowest BCUT2D eigenvalue weighted by atomic mass is 10.7. The molecule has 0 aliphatic heterocycles. The van der Waals surface area contributed by atoms with E-state index in [9.17, 15) is 8.42 Å². The number of likely N-dealkylation sites (N-methyl/N-ethyl adjacent to an activating group) is 1. The molecule has 15 heavy (non-hydrogen) atoms. The second-order valence-corrected chi connectivity index (χ2v) is 8.05. The minimum Gasteiger partial charge on any atom is -0.392 e. The van der Waals surface area contributed by atoms with Gasteiger partial charge >= 0.3 is 0 Å². The Balaban J connectivity index is 2.98. The zero-order valence-electron chi connectivity index (χ0n) is 7.81. The van der Waals surface area contributed by atoms with Crippen LogP contribution in [0, 0.1) is 0 Å². The van der Waals surface area contributed by atoms with Gasteiger partial charge in [0.2, 0.25) is 0 Å². The Morgan fingerprint density at radius 1 is 1.67 bits per heavy atom. The molecule has 1 aromatic rings. The highest BCUT2D eigenvalue weighted by Gasteiger charge is 2.22. The molecule has 0 atom stereocenters. The van der Waals surface area contributed by atoms with E-state index in [4.69, 9.17) is 5.73 Å². The fourth-order valence-electron chi connectivity index (χ4n) is 0.894. The summed E-state index contributed by atoms with van der Waals surface area (Å²) < 4.78 is 25.9. The maximum atomic E-state index is 11.9. The molecule has 0 bridgehead atoms. The molecule has 84 valence electrons. The third-order valence-electron chi connectivity index (χ3n) is 1.59. The average molecular weight is 329 g/mol. The summed E-state index contributed by atoms with van der Waals surface area (Å²) in [6.45, 7) is 0.0488. The predicted octanol–water partition coefficient (Wildman–Crippen LogP) is 1.42. The van der Waals surface area contributed by atoms with Crippen LogP contribution >= 0.6 is 39.5 Å². The Morgan fingerprint density at radius 3 is 2.67 bits per heavy atom. The van der Waals surface area contributed by atoms with Gasteiger partial charge in [0.05, 0.1) is 15.3 Å². The van der Waals surface area contributed by atoms with Crippen molar-refractivity contribution in [2.45, 2.75) is 4.21 Å². The maximum Gasteiger partial charge on any atom is 0.252 e. The van der Waals surface area contributed by atoms with Crippen molar-refractivity contribution < 1.29 is 8.42 Å². The number of thiocarbonyl (C=S) groups is 1. The quantitative estimate of drug-likeness (QED) is 0.849. The summed E-state index contributed by atoms with van der Waals surface area (Å²) in [7, 11) is -2.01. The van der Waals surface area contributed by atoms with E-state index in [2.05, 4.69) is 28.1 Å².